The first-order valence-corrected chi connectivity index (χ1v) is 10.1. The molecule has 2 fully saturated rings. The van der Waals surface area contributed by atoms with E-state index in [0.29, 0.717) is 22.4 Å². The highest BCUT2D eigenvalue weighted by atomic mass is 16.5. The molecule has 0 unspecified atom stereocenters. The van der Waals surface area contributed by atoms with Gasteiger partial charge in [-0.15, -0.1) is 0 Å². The van der Waals surface area contributed by atoms with E-state index in [2.05, 4.69) is 4.74 Å². The van der Waals surface area contributed by atoms with Gasteiger partial charge in [-0.3, -0.25) is 9.59 Å². The number of para-hydroxylation sites is 1. The van der Waals surface area contributed by atoms with Crippen LogP contribution in [0.2, 0.25) is 0 Å². The maximum Gasteiger partial charge on any atom is 0.487 e. The SMILES string of the molecule is COC(=O)N1C(=O)[C@H]2[C@H](CC(C(C)C)=C3B(O)O[C@H](c4ccccc4O)C[C@H]32)C1=O. The molecule has 0 bridgehead atoms. The molecule has 1 aliphatic carbocycles. The van der Waals surface area contributed by atoms with E-state index in [1.54, 1.807) is 18.2 Å². The quantitative estimate of drug-likeness (QED) is 0.565. The fourth-order valence-corrected chi connectivity index (χ4v) is 5.13. The fourth-order valence-electron chi connectivity index (χ4n) is 5.13. The molecule has 8 nitrogen and oxygen atoms in total. The van der Waals surface area contributed by atoms with Gasteiger partial charge in [-0.05, 0) is 36.2 Å². The van der Waals surface area contributed by atoms with Gasteiger partial charge in [-0.2, -0.15) is 4.90 Å². The number of allylic oxidation sites excluding steroid dienone is 2. The van der Waals surface area contributed by atoms with E-state index < -0.39 is 48.9 Å². The molecular weight excluding hydrogens is 389 g/mol. The zero-order valence-corrected chi connectivity index (χ0v) is 17.1. The molecule has 1 aromatic carbocycles. The fraction of sp³-hybridized carbons (Fsp3) is 0.476. The highest BCUT2D eigenvalue weighted by Gasteiger charge is 2.59. The zero-order chi connectivity index (χ0) is 21.7. The molecule has 0 aromatic heterocycles. The van der Waals surface area contributed by atoms with Crippen LogP contribution >= 0.6 is 0 Å². The highest BCUT2D eigenvalue weighted by Crippen LogP contribution is 2.53. The summed E-state index contributed by atoms with van der Waals surface area (Å²) in [7, 11) is -0.137. The molecule has 30 heavy (non-hydrogen) atoms. The Balaban J connectivity index is 1.78. The van der Waals surface area contributed by atoms with Gasteiger partial charge in [0.2, 0.25) is 11.8 Å². The van der Waals surface area contributed by atoms with E-state index in [4.69, 9.17) is 4.65 Å². The highest BCUT2D eigenvalue weighted by molar-refractivity contribution is 6.53. The summed E-state index contributed by atoms with van der Waals surface area (Å²) >= 11 is 0. The van der Waals surface area contributed by atoms with E-state index in [9.17, 15) is 24.5 Å². The summed E-state index contributed by atoms with van der Waals surface area (Å²) in [5, 5.41) is 21.1. The van der Waals surface area contributed by atoms with Gasteiger partial charge in [-0.25, -0.2) is 4.79 Å². The lowest BCUT2D eigenvalue weighted by molar-refractivity contribution is -0.137. The van der Waals surface area contributed by atoms with Crippen molar-refractivity contribution in [2.45, 2.75) is 32.8 Å². The topological polar surface area (TPSA) is 113 Å². The Kier molecular flexibility index (Phi) is 5.19. The van der Waals surface area contributed by atoms with Crippen molar-refractivity contribution in [1.29, 1.82) is 0 Å². The van der Waals surface area contributed by atoms with Gasteiger partial charge in [0, 0.05) is 5.56 Å². The van der Waals surface area contributed by atoms with Crippen molar-refractivity contribution >= 4 is 25.0 Å². The van der Waals surface area contributed by atoms with Crippen molar-refractivity contribution in [3.63, 3.8) is 0 Å². The van der Waals surface area contributed by atoms with Crippen LogP contribution in [-0.2, 0) is 19.0 Å². The number of benzene rings is 1. The van der Waals surface area contributed by atoms with Crippen molar-refractivity contribution in [2.75, 3.05) is 7.11 Å². The number of fused-ring (bicyclic) bond motifs is 3. The summed E-state index contributed by atoms with van der Waals surface area (Å²) in [5.74, 6) is -3.05. The van der Waals surface area contributed by atoms with Gasteiger partial charge < -0.3 is 19.5 Å². The zero-order valence-electron chi connectivity index (χ0n) is 17.1. The Hall–Kier alpha value is -2.65. The Morgan fingerprint density at radius 1 is 1.23 bits per heavy atom. The molecule has 0 radical (unpaired) electrons. The number of phenols is 1. The van der Waals surface area contributed by atoms with Gasteiger partial charge in [0.25, 0.3) is 0 Å². The van der Waals surface area contributed by atoms with Crippen molar-refractivity contribution in [3.05, 3.63) is 40.9 Å². The lowest BCUT2D eigenvalue weighted by Crippen LogP contribution is -2.45. The molecule has 3 aliphatic rings. The van der Waals surface area contributed by atoms with Crippen LogP contribution in [0.25, 0.3) is 0 Å². The number of rotatable bonds is 2. The van der Waals surface area contributed by atoms with Gasteiger partial charge in [0.1, 0.15) is 5.75 Å². The second kappa shape index (κ2) is 7.56. The van der Waals surface area contributed by atoms with E-state index in [-0.39, 0.29) is 18.1 Å². The monoisotopic (exact) mass is 413 g/mol. The van der Waals surface area contributed by atoms with E-state index in [0.717, 1.165) is 12.7 Å². The minimum absolute atomic E-state index is 0.0263. The number of aromatic hydroxyl groups is 1. The molecule has 2 N–H and O–H groups in total. The van der Waals surface area contributed by atoms with Crippen LogP contribution in [0.5, 0.6) is 5.75 Å². The minimum Gasteiger partial charge on any atom is -0.508 e. The van der Waals surface area contributed by atoms with E-state index in [1.807, 2.05) is 13.8 Å². The van der Waals surface area contributed by atoms with Crippen molar-refractivity contribution in [3.8, 4) is 5.75 Å². The summed E-state index contributed by atoms with van der Waals surface area (Å²) in [6.07, 6.45) is -1.06. The smallest absolute Gasteiger partial charge is 0.487 e. The number of likely N-dealkylation sites (tertiary alicyclic amines) is 1. The lowest BCUT2D eigenvalue weighted by atomic mass is 9.54. The second-order valence-electron chi connectivity index (χ2n) is 8.33. The standard InChI is InChI=1S/C21H24BNO7/c1-10(2)12-8-14-17(20(26)23(19(14)25)21(27)29-3)13-9-16(30-22(28)18(12)13)11-6-4-5-7-15(11)24/h4-7,10,13-14,16-17,24,28H,8-9H2,1-3H3/t13-,14-,16-,17+/m0/s1. The normalized spacial score (nSPS) is 28.7. The second-order valence-corrected chi connectivity index (χ2v) is 8.33. The molecule has 3 amide bonds. The Bertz CT molecular complexity index is 943. The summed E-state index contributed by atoms with van der Waals surface area (Å²) in [6, 6.07) is 6.67. The summed E-state index contributed by atoms with van der Waals surface area (Å²) < 4.78 is 10.5. The number of carbonyl (C=O) groups excluding carboxylic acids is 3. The largest absolute Gasteiger partial charge is 0.508 e. The number of hydrogen-bond acceptors (Lipinski definition) is 7. The maximum absolute atomic E-state index is 13.1. The number of methoxy groups -OCH3 is 1. The van der Waals surface area contributed by atoms with Crippen LogP contribution in [0.3, 0.4) is 0 Å². The Morgan fingerprint density at radius 3 is 2.57 bits per heavy atom. The maximum atomic E-state index is 13.1. The number of imide groups is 3. The van der Waals surface area contributed by atoms with Gasteiger partial charge in [-0.1, -0.05) is 37.6 Å². The molecule has 1 aromatic rings. The van der Waals surface area contributed by atoms with Crippen LogP contribution in [0, 0.1) is 23.7 Å². The Morgan fingerprint density at radius 2 is 1.93 bits per heavy atom. The van der Waals surface area contributed by atoms with Gasteiger partial charge in [0.15, 0.2) is 0 Å². The third-order valence-electron chi connectivity index (χ3n) is 6.49. The van der Waals surface area contributed by atoms with Crippen LogP contribution in [0.15, 0.2) is 35.3 Å². The number of hydrogen-bond donors (Lipinski definition) is 2. The van der Waals surface area contributed by atoms with E-state index in [1.165, 1.54) is 6.07 Å². The predicted molar refractivity (Wildman–Crippen MR) is 106 cm³/mol. The molecular formula is C21H24BNO7. The van der Waals surface area contributed by atoms with Crippen molar-refractivity contribution in [1.82, 2.24) is 4.90 Å². The number of ether oxygens (including phenoxy) is 1. The predicted octanol–water partition coefficient (Wildman–Crippen LogP) is 2.21. The van der Waals surface area contributed by atoms with Crippen LogP contribution in [0.1, 0.15) is 38.4 Å². The van der Waals surface area contributed by atoms with Crippen LogP contribution < -0.4 is 0 Å². The average Bonchev–Trinajstić information content (AvgIpc) is 2.97. The molecule has 158 valence electrons. The number of carbonyl (C=O) groups is 3. The third-order valence-corrected chi connectivity index (χ3v) is 6.49. The first-order chi connectivity index (χ1) is 14.3. The third kappa shape index (κ3) is 3.04. The summed E-state index contributed by atoms with van der Waals surface area (Å²) in [5.41, 5.74) is 1.99. The molecule has 0 spiro atoms. The Labute approximate surface area is 174 Å². The van der Waals surface area contributed by atoms with Crippen LogP contribution in [0.4, 0.5) is 4.79 Å². The molecule has 0 saturated carbocycles. The molecule has 4 rings (SSSR count). The average molecular weight is 413 g/mol. The first-order valence-electron chi connectivity index (χ1n) is 10.1. The lowest BCUT2D eigenvalue weighted by Gasteiger charge is -2.43. The molecule has 2 heterocycles. The van der Waals surface area contributed by atoms with E-state index >= 15 is 0 Å². The molecule has 2 aliphatic heterocycles. The minimum atomic E-state index is -1.26. The number of amides is 3. The van der Waals surface area contributed by atoms with Crippen molar-refractivity contribution in [2.24, 2.45) is 23.7 Å². The summed E-state index contributed by atoms with van der Waals surface area (Å²) in [6.45, 7) is 3.92. The summed E-state index contributed by atoms with van der Waals surface area (Å²) in [4.78, 5) is 38.7. The molecule has 4 atom stereocenters. The number of phenolic OH excluding ortho intramolecular Hbond substituents is 1. The van der Waals surface area contributed by atoms with Crippen LogP contribution in [-0.4, -0.2) is 47.2 Å². The van der Waals surface area contributed by atoms with Crippen molar-refractivity contribution < 1.29 is 33.9 Å². The number of nitrogens with zero attached hydrogens (tertiary/aromatic N) is 1. The van der Waals surface area contributed by atoms with Gasteiger partial charge in [0.05, 0.1) is 25.0 Å². The van der Waals surface area contributed by atoms with Gasteiger partial charge >= 0.3 is 13.2 Å². The first kappa shape index (κ1) is 20.6. The molecule has 9 heteroatoms. The molecule has 2 saturated heterocycles.